The van der Waals surface area contributed by atoms with Crippen LogP contribution in [0.1, 0.15) is 72.6 Å². The molecule has 0 radical (unpaired) electrons. The minimum atomic E-state index is -0.717. The summed E-state index contributed by atoms with van der Waals surface area (Å²) < 4.78 is 6.35. The predicted octanol–water partition coefficient (Wildman–Crippen LogP) is 4.00. The third-order valence-electron chi connectivity index (χ3n) is 11.3. The standard InChI is InChI=1S/C34H51N5O5S/c1-6-32(4)18-26(33(5)20(2)12-14-34(21(3)29(32)42)15-13-25(40)28(33)34)44-27(41)19-45-23-10-7-9-22(17-23)39-30(43)24(35)11-8-16-38-31(36)37/h6-7,9-10,17,20-21,24,26,28-29,42H,1,8,11-16,18-19,35H2,2-5H3,(H,39,43)(H4,36,37,38)/t20-,21+,24?,26-,28?,29+,32-,33+,34+/m1/s1. The molecule has 0 aromatic heterocycles. The highest BCUT2D eigenvalue weighted by atomic mass is 32.2. The van der Waals surface area contributed by atoms with Crippen molar-refractivity contribution in [2.45, 2.75) is 95.8 Å². The van der Waals surface area contributed by atoms with Gasteiger partial charge in [-0.25, -0.2) is 0 Å². The van der Waals surface area contributed by atoms with E-state index in [2.05, 4.69) is 37.7 Å². The van der Waals surface area contributed by atoms with E-state index >= 15 is 0 Å². The van der Waals surface area contributed by atoms with Crippen molar-refractivity contribution >= 4 is 41.1 Å². The Bertz CT molecular complexity index is 1320. The van der Waals surface area contributed by atoms with Gasteiger partial charge in [-0.1, -0.05) is 39.8 Å². The van der Waals surface area contributed by atoms with Gasteiger partial charge in [0.1, 0.15) is 11.9 Å². The summed E-state index contributed by atoms with van der Waals surface area (Å²) in [5, 5.41) is 14.5. The largest absolute Gasteiger partial charge is 0.461 e. The van der Waals surface area contributed by atoms with Crippen molar-refractivity contribution < 1.29 is 24.2 Å². The predicted molar refractivity (Wildman–Crippen MR) is 178 cm³/mol. The Labute approximate surface area is 271 Å². The summed E-state index contributed by atoms with van der Waals surface area (Å²) in [4.78, 5) is 44.4. The van der Waals surface area contributed by atoms with Gasteiger partial charge >= 0.3 is 5.97 Å². The second kappa shape index (κ2) is 13.8. The maximum absolute atomic E-state index is 13.6. The first-order valence-electron chi connectivity index (χ1n) is 16.1. The molecule has 0 spiro atoms. The molecule has 0 aliphatic heterocycles. The van der Waals surface area contributed by atoms with Gasteiger partial charge in [0, 0.05) is 40.3 Å². The number of aliphatic hydroxyl groups excluding tert-OH is 1. The first-order valence-corrected chi connectivity index (χ1v) is 17.0. The number of benzene rings is 1. The minimum Gasteiger partial charge on any atom is -0.461 e. The van der Waals surface area contributed by atoms with Crippen molar-refractivity contribution in [3.05, 3.63) is 36.9 Å². The van der Waals surface area contributed by atoms with Crippen LogP contribution in [0, 0.1) is 34.0 Å². The third kappa shape index (κ3) is 6.95. The van der Waals surface area contributed by atoms with Crippen LogP contribution in [0.2, 0.25) is 0 Å². The van der Waals surface area contributed by atoms with Gasteiger partial charge in [0.15, 0.2) is 5.96 Å². The Morgan fingerprint density at radius 1 is 1.27 bits per heavy atom. The number of aliphatic imine (C=N–C) groups is 1. The Morgan fingerprint density at radius 3 is 2.69 bits per heavy atom. The summed E-state index contributed by atoms with van der Waals surface area (Å²) in [7, 11) is 0. The fourth-order valence-corrected chi connectivity index (χ4v) is 9.12. The van der Waals surface area contributed by atoms with Crippen LogP contribution in [0.25, 0.3) is 0 Å². The smallest absolute Gasteiger partial charge is 0.316 e. The molecule has 45 heavy (non-hydrogen) atoms. The molecule has 9 atom stereocenters. The molecule has 3 fully saturated rings. The summed E-state index contributed by atoms with van der Waals surface area (Å²) in [5.41, 5.74) is 15.7. The van der Waals surface area contributed by atoms with Crippen LogP contribution in [-0.4, -0.2) is 59.3 Å². The number of esters is 1. The number of guanidine groups is 1. The maximum Gasteiger partial charge on any atom is 0.316 e. The summed E-state index contributed by atoms with van der Waals surface area (Å²) in [6, 6.07) is 6.50. The number of aliphatic hydroxyl groups is 1. The molecule has 4 rings (SSSR count). The molecule has 248 valence electrons. The number of nitrogens with zero attached hydrogens (tertiary/aromatic N) is 1. The van der Waals surface area contributed by atoms with Crippen molar-refractivity contribution in [1.29, 1.82) is 0 Å². The summed E-state index contributed by atoms with van der Waals surface area (Å²) >= 11 is 1.31. The van der Waals surface area contributed by atoms with Gasteiger partial charge in [0.25, 0.3) is 0 Å². The highest BCUT2D eigenvalue weighted by Crippen LogP contribution is 2.68. The van der Waals surface area contributed by atoms with Gasteiger partial charge < -0.3 is 32.4 Å². The van der Waals surface area contributed by atoms with Crippen molar-refractivity contribution in [2.75, 3.05) is 17.6 Å². The summed E-state index contributed by atoms with van der Waals surface area (Å²) in [6.07, 6.45) is 5.00. The number of carbonyl (C=O) groups is 3. The number of nitrogens with two attached hydrogens (primary N) is 3. The molecule has 2 unspecified atom stereocenters. The molecule has 11 heteroatoms. The van der Waals surface area contributed by atoms with E-state index in [9.17, 15) is 19.5 Å². The molecule has 3 aliphatic rings. The molecule has 3 saturated carbocycles. The molecular formula is C34H51N5O5S. The number of ether oxygens (including phenoxy) is 1. The number of rotatable bonds is 11. The number of ketones is 1. The van der Waals surface area contributed by atoms with E-state index in [1.54, 1.807) is 24.3 Å². The number of thioether (sulfide) groups is 1. The quantitative estimate of drug-likeness (QED) is 0.0595. The zero-order chi connectivity index (χ0) is 33.2. The fourth-order valence-electron chi connectivity index (χ4n) is 8.39. The number of hydrogen-bond donors (Lipinski definition) is 5. The van der Waals surface area contributed by atoms with Gasteiger partial charge in [0.2, 0.25) is 5.91 Å². The van der Waals surface area contributed by atoms with Crippen LogP contribution in [0.5, 0.6) is 0 Å². The maximum atomic E-state index is 13.6. The first kappa shape index (κ1) is 35.0. The molecule has 2 bridgehead atoms. The molecular weight excluding hydrogens is 590 g/mol. The van der Waals surface area contributed by atoms with Crippen molar-refractivity contribution in [1.82, 2.24) is 0 Å². The number of amides is 1. The summed E-state index contributed by atoms with van der Waals surface area (Å²) in [6.45, 7) is 12.9. The third-order valence-corrected chi connectivity index (χ3v) is 12.3. The molecule has 1 amide bonds. The van der Waals surface area contributed by atoms with Crippen LogP contribution in [0.4, 0.5) is 5.69 Å². The molecule has 0 heterocycles. The second-order valence-corrected chi connectivity index (χ2v) is 15.0. The Morgan fingerprint density at radius 2 is 2.00 bits per heavy atom. The SMILES string of the molecule is C=C[C@]1(C)C[C@@H](OC(=O)CSc2cccc(NC(=O)C(N)CCCN=C(N)N)c2)[C@@]2(C)C3C(=O)CC[C@@]3(CC[C@H]2C)[C@@H](C)[C@@H]1O. The highest BCUT2D eigenvalue weighted by molar-refractivity contribution is 8.00. The highest BCUT2D eigenvalue weighted by Gasteiger charge is 2.68. The lowest BCUT2D eigenvalue weighted by Gasteiger charge is -2.61. The Kier molecular flexibility index (Phi) is 10.8. The number of Topliss-reactive ketones (excluding diaryl/α,β-unsaturated/α-hetero) is 1. The van der Waals surface area contributed by atoms with Gasteiger partial charge in [0.05, 0.1) is 17.9 Å². The van der Waals surface area contributed by atoms with Crippen LogP contribution in [0.3, 0.4) is 0 Å². The van der Waals surface area contributed by atoms with E-state index in [1.807, 2.05) is 13.0 Å². The van der Waals surface area contributed by atoms with E-state index in [4.69, 9.17) is 21.9 Å². The number of anilines is 1. The molecule has 10 nitrogen and oxygen atoms in total. The minimum absolute atomic E-state index is 0.00303. The van der Waals surface area contributed by atoms with Gasteiger partial charge in [-0.3, -0.25) is 19.4 Å². The molecule has 8 N–H and O–H groups in total. The van der Waals surface area contributed by atoms with Crippen molar-refractivity contribution in [3.8, 4) is 0 Å². The van der Waals surface area contributed by atoms with Crippen LogP contribution >= 0.6 is 11.8 Å². The molecule has 1 aromatic carbocycles. The van der Waals surface area contributed by atoms with E-state index in [-0.39, 0.29) is 52.5 Å². The Hall–Kier alpha value is -2.89. The first-order chi connectivity index (χ1) is 21.2. The lowest BCUT2D eigenvalue weighted by molar-refractivity contribution is -0.205. The monoisotopic (exact) mass is 641 g/mol. The van der Waals surface area contributed by atoms with Gasteiger partial charge in [-0.05, 0) is 74.0 Å². The molecule has 1 aromatic rings. The lowest BCUT2D eigenvalue weighted by atomic mass is 9.44. The second-order valence-electron chi connectivity index (χ2n) is 13.9. The van der Waals surface area contributed by atoms with Crippen molar-refractivity contribution in [3.63, 3.8) is 0 Å². The van der Waals surface area contributed by atoms with Gasteiger partial charge in [-0.2, -0.15) is 0 Å². The van der Waals surface area contributed by atoms with E-state index in [1.165, 1.54) is 11.8 Å². The van der Waals surface area contributed by atoms with Crippen molar-refractivity contribution in [2.24, 2.45) is 56.2 Å². The zero-order valence-electron chi connectivity index (χ0n) is 27.1. The fraction of sp³-hybridized carbons (Fsp3) is 0.647. The normalized spacial score (nSPS) is 34.9. The molecule has 3 aliphatic carbocycles. The van der Waals surface area contributed by atoms with Crippen LogP contribution in [-0.2, 0) is 19.1 Å². The average molecular weight is 642 g/mol. The topological polar surface area (TPSA) is 183 Å². The van der Waals surface area contributed by atoms with Crippen LogP contribution < -0.4 is 22.5 Å². The summed E-state index contributed by atoms with van der Waals surface area (Å²) in [5.74, 6) is -0.601. The number of nitrogens with one attached hydrogen (secondary N) is 1. The Balaban J connectivity index is 1.46. The van der Waals surface area contributed by atoms with Gasteiger partial charge in [-0.15, -0.1) is 18.3 Å². The van der Waals surface area contributed by atoms with Crippen LogP contribution in [0.15, 0.2) is 46.8 Å². The molecule has 0 saturated heterocycles. The van der Waals surface area contributed by atoms with E-state index < -0.39 is 29.1 Å². The number of hydrogen-bond acceptors (Lipinski definition) is 8. The zero-order valence-corrected chi connectivity index (χ0v) is 27.9. The van der Waals surface area contributed by atoms with E-state index in [0.717, 1.165) is 24.2 Å². The lowest BCUT2D eigenvalue weighted by Crippen LogP contribution is -2.63. The van der Waals surface area contributed by atoms with E-state index in [0.29, 0.717) is 37.9 Å². The number of carbonyl (C=O) groups excluding carboxylic acids is 3. The average Bonchev–Trinajstić information content (AvgIpc) is 3.36.